The molecule has 2 N–H and O–H groups in total. The van der Waals surface area contributed by atoms with Crippen LogP contribution >= 0.6 is 39.1 Å². The molecule has 0 saturated heterocycles. The fraction of sp³-hybridized carbons (Fsp3) is 0.160. The minimum Gasteiger partial charge on any atom is -0.479 e. The second-order valence-corrected chi connectivity index (χ2v) is 9.13. The number of carbonyl (C=O) groups excluding carboxylic acids is 2. The summed E-state index contributed by atoms with van der Waals surface area (Å²) >= 11 is 15.4. The molecule has 0 bridgehead atoms. The van der Waals surface area contributed by atoms with E-state index in [1.807, 2.05) is 54.6 Å². The van der Waals surface area contributed by atoms with Gasteiger partial charge >= 0.3 is 0 Å². The van der Waals surface area contributed by atoms with Gasteiger partial charge in [-0.2, -0.15) is 5.10 Å². The van der Waals surface area contributed by atoms with Crippen LogP contribution in [0.3, 0.4) is 0 Å². The Balaban J connectivity index is 1.68. The summed E-state index contributed by atoms with van der Waals surface area (Å²) in [5, 5.41) is 7.51. The van der Waals surface area contributed by atoms with Gasteiger partial charge in [0, 0.05) is 15.9 Å². The second-order valence-electron chi connectivity index (χ2n) is 7.37. The summed E-state index contributed by atoms with van der Waals surface area (Å²) in [6.45, 7) is 1.57. The highest BCUT2D eigenvalue weighted by molar-refractivity contribution is 9.10. The molecule has 3 aromatic rings. The third-order valence-electron chi connectivity index (χ3n) is 4.74. The summed E-state index contributed by atoms with van der Waals surface area (Å²) in [6.07, 6.45) is 0.900. The number of ether oxygens (including phenoxy) is 1. The molecule has 0 aromatic heterocycles. The molecular weight excluding hydrogens is 541 g/mol. The number of hydrazone groups is 1. The average Bonchev–Trinajstić information content (AvgIpc) is 2.82. The van der Waals surface area contributed by atoms with Crippen molar-refractivity contribution < 1.29 is 14.3 Å². The van der Waals surface area contributed by atoms with E-state index in [4.69, 9.17) is 27.9 Å². The Morgan fingerprint density at radius 2 is 1.74 bits per heavy atom. The van der Waals surface area contributed by atoms with E-state index >= 15 is 0 Å². The average molecular weight is 563 g/mol. The first-order valence-electron chi connectivity index (χ1n) is 10.4. The van der Waals surface area contributed by atoms with Gasteiger partial charge in [0.25, 0.3) is 11.8 Å². The third-order valence-corrected chi connectivity index (χ3v) is 5.80. The van der Waals surface area contributed by atoms with E-state index in [1.54, 1.807) is 19.1 Å². The lowest BCUT2D eigenvalue weighted by atomic mass is 10.1. The normalized spacial score (nSPS) is 12.7. The third kappa shape index (κ3) is 7.87. The monoisotopic (exact) mass is 561 g/mol. The molecule has 0 unspecified atom stereocenters. The van der Waals surface area contributed by atoms with Crippen molar-refractivity contribution in [2.75, 3.05) is 0 Å². The van der Waals surface area contributed by atoms with Gasteiger partial charge in [0.15, 0.2) is 6.10 Å². The van der Waals surface area contributed by atoms with E-state index in [-0.39, 0.29) is 11.4 Å². The summed E-state index contributed by atoms with van der Waals surface area (Å²) in [6, 6.07) is 20.7. The highest BCUT2D eigenvalue weighted by Gasteiger charge is 2.25. The largest absolute Gasteiger partial charge is 0.479 e. The zero-order chi connectivity index (χ0) is 24.5. The molecule has 6 nitrogen and oxygen atoms in total. The lowest BCUT2D eigenvalue weighted by molar-refractivity contribution is -0.132. The molecule has 9 heteroatoms. The van der Waals surface area contributed by atoms with Gasteiger partial charge in [-0.05, 0) is 48.4 Å². The Morgan fingerprint density at radius 3 is 2.41 bits per heavy atom. The highest BCUT2D eigenvalue weighted by Crippen LogP contribution is 2.28. The number of halogens is 3. The highest BCUT2D eigenvalue weighted by atomic mass is 79.9. The van der Waals surface area contributed by atoms with Crippen molar-refractivity contribution in [3.63, 3.8) is 0 Å². The van der Waals surface area contributed by atoms with Gasteiger partial charge in [-0.15, -0.1) is 0 Å². The summed E-state index contributed by atoms with van der Waals surface area (Å²) < 4.78 is 6.61. The summed E-state index contributed by atoms with van der Waals surface area (Å²) in [7, 11) is 0. The topological polar surface area (TPSA) is 79.8 Å². The Morgan fingerprint density at radius 1 is 1.03 bits per heavy atom. The van der Waals surface area contributed by atoms with E-state index in [0.29, 0.717) is 10.8 Å². The van der Waals surface area contributed by atoms with Crippen molar-refractivity contribution in [2.24, 2.45) is 5.10 Å². The van der Waals surface area contributed by atoms with Gasteiger partial charge in [-0.25, -0.2) is 5.43 Å². The van der Waals surface area contributed by atoms with Crippen LogP contribution in [0.25, 0.3) is 0 Å². The zero-order valence-electron chi connectivity index (χ0n) is 18.2. The molecule has 2 atom stereocenters. The van der Waals surface area contributed by atoms with E-state index in [1.165, 1.54) is 12.3 Å². The Kier molecular flexibility index (Phi) is 9.51. The standard InChI is InChI=1S/C25H22BrCl2N3O3/c1-16(34-23-12-11-20(27)14-21(23)28)24(32)30-22(13-17-5-3-2-4-6-17)25(33)31-29-15-18-7-9-19(26)10-8-18/h2-12,14-16,22H,13H2,1H3,(H,30,32)(H,31,33)/b29-15-/t16-,22+/m0/s1. The molecule has 3 rings (SSSR count). The molecule has 0 aliphatic rings. The first kappa shape index (κ1) is 25.7. The first-order chi connectivity index (χ1) is 16.3. The summed E-state index contributed by atoms with van der Waals surface area (Å²) in [4.78, 5) is 25.7. The van der Waals surface area contributed by atoms with Crippen LogP contribution in [0.4, 0.5) is 0 Å². The van der Waals surface area contributed by atoms with Crippen LogP contribution in [0, 0.1) is 0 Å². The van der Waals surface area contributed by atoms with E-state index in [2.05, 4.69) is 31.8 Å². The van der Waals surface area contributed by atoms with Crippen LogP contribution in [-0.2, 0) is 16.0 Å². The van der Waals surface area contributed by atoms with Gasteiger partial charge in [0.2, 0.25) is 0 Å². The molecular formula is C25H22BrCl2N3O3. The van der Waals surface area contributed by atoms with Crippen LogP contribution in [0.15, 0.2) is 82.4 Å². The SMILES string of the molecule is C[C@H](Oc1ccc(Cl)cc1Cl)C(=O)N[C@H](Cc1ccccc1)C(=O)N/N=C\c1ccc(Br)cc1. The van der Waals surface area contributed by atoms with Crippen molar-refractivity contribution in [1.29, 1.82) is 0 Å². The van der Waals surface area contributed by atoms with Crippen LogP contribution in [0.2, 0.25) is 10.0 Å². The van der Waals surface area contributed by atoms with Crippen LogP contribution in [0.5, 0.6) is 5.75 Å². The molecule has 0 saturated carbocycles. The van der Waals surface area contributed by atoms with Crippen molar-refractivity contribution in [3.8, 4) is 5.75 Å². The number of hydrogen-bond acceptors (Lipinski definition) is 4. The Bertz CT molecular complexity index is 1160. The summed E-state index contributed by atoms with van der Waals surface area (Å²) in [5.41, 5.74) is 4.20. The lowest BCUT2D eigenvalue weighted by Gasteiger charge is -2.21. The van der Waals surface area contributed by atoms with Gasteiger partial charge in [-0.1, -0.05) is 81.6 Å². The van der Waals surface area contributed by atoms with Crippen molar-refractivity contribution in [2.45, 2.75) is 25.5 Å². The molecule has 3 aromatic carbocycles. The molecule has 176 valence electrons. The molecule has 2 amide bonds. The number of nitrogens with zero attached hydrogens (tertiary/aromatic N) is 1. The number of carbonyl (C=O) groups is 2. The van der Waals surface area contributed by atoms with E-state index in [0.717, 1.165) is 15.6 Å². The van der Waals surface area contributed by atoms with Gasteiger partial charge < -0.3 is 10.1 Å². The van der Waals surface area contributed by atoms with E-state index < -0.39 is 24.0 Å². The molecule has 0 aliphatic carbocycles. The number of rotatable bonds is 9. The smallest absolute Gasteiger partial charge is 0.262 e. The molecule has 0 aliphatic heterocycles. The first-order valence-corrected chi connectivity index (χ1v) is 11.9. The summed E-state index contributed by atoms with van der Waals surface area (Å²) in [5.74, 6) is -0.613. The quantitative estimate of drug-likeness (QED) is 0.271. The molecule has 34 heavy (non-hydrogen) atoms. The van der Waals surface area contributed by atoms with Crippen LogP contribution in [0.1, 0.15) is 18.1 Å². The number of amides is 2. The maximum Gasteiger partial charge on any atom is 0.262 e. The maximum atomic E-state index is 12.9. The van der Waals surface area contributed by atoms with Gasteiger partial charge in [-0.3, -0.25) is 9.59 Å². The second kappa shape index (κ2) is 12.6. The Labute approximate surface area is 216 Å². The lowest BCUT2D eigenvalue weighted by Crippen LogP contribution is -2.50. The van der Waals surface area contributed by atoms with E-state index in [9.17, 15) is 9.59 Å². The molecule has 0 spiro atoms. The van der Waals surface area contributed by atoms with Crippen molar-refractivity contribution in [1.82, 2.24) is 10.7 Å². The predicted octanol–water partition coefficient (Wildman–Crippen LogP) is 5.40. The minimum atomic E-state index is -0.906. The minimum absolute atomic E-state index is 0.278. The van der Waals surface area contributed by atoms with Gasteiger partial charge in [0.1, 0.15) is 11.8 Å². The fourth-order valence-electron chi connectivity index (χ4n) is 2.96. The number of nitrogens with one attached hydrogen (secondary N) is 2. The van der Waals surface area contributed by atoms with Crippen LogP contribution in [-0.4, -0.2) is 30.2 Å². The maximum absolute atomic E-state index is 12.9. The fourth-order valence-corrected chi connectivity index (χ4v) is 3.68. The van der Waals surface area contributed by atoms with Crippen molar-refractivity contribution >= 4 is 57.2 Å². The zero-order valence-corrected chi connectivity index (χ0v) is 21.3. The Hall–Kier alpha value is -2.87. The molecule has 0 heterocycles. The van der Waals surface area contributed by atoms with Crippen molar-refractivity contribution in [3.05, 3.63) is 98.4 Å². The van der Waals surface area contributed by atoms with Gasteiger partial charge in [0.05, 0.1) is 11.2 Å². The number of benzene rings is 3. The molecule has 0 fully saturated rings. The van der Waals surface area contributed by atoms with Crippen LogP contribution < -0.4 is 15.5 Å². The predicted molar refractivity (Wildman–Crippen MR) is 139 cm³/mol. The number of hydrogen-bond donors (Lipinski definition) is 2. The molecule has 0 radical (unpaired) electrons.